The van der Waals surface area contributed by atoms with Crippen LogP contribution < -0.4 is 16.4 Å². The minimum atomic E-state index is -3.83. The van der Waals surface area contributed by atoms with Gasteiger partial charge < -0.3 is 0 Å². The van der Waals surface area contributed by atoms with Crippen LogP contribution in [0.4, 0.5) is 0 Å². The van der Waals surface area contributed by atoms with E-state index in [-0.39, 0.29) is 22.6 Å². The molecule has 0 radical (unpaired) electrons. The van der Waals surface area contributed by atoms with E-state index in [1.807, 2.05) is 6.92 Å². The monoisotopic (exact) mass is 498 g/mol. The Kier molecular flexibility index (Phi) is 5.01. The van der Waals surface area contributed by atoms with Crippen LogP contribution in [0, 0.1) is 6.92 Å². The first-order chi connectivity index (χ1) is 16.1. The lowest BCUT2D eigenvalue weighted by atomic mass is 10.2. The van der Waals surface area contributed by atoms with Gasteiger partial charge in [-0.3, -0.25) is 22.9 Å². The van der Waals surface area contributed by atoms with Gasteiger partial charge in [-0.25, -0.2) is 18.4 Å². The summed E-state index contributed by atoms with van der Waals surface area (Å²) in [6.45, 7) is 1.92. The lowest BCUT2D eigenvalue weighted by molar-refractivity contribution is 0.598. The zero-order valence-electron chi connectivity index (χ0n) is 18.1. The highest BCUT2D eigenvalue weighted by molar-refractivity contribution is 7.89. The Morgan fingerprint density at radius 2 is 1.68 bits per heavy atom. The number of rotatable bonds is 4. The minimum Gasteiger partial charge on any atom is -0.283 e. The number of imidazole rings is 2. The Bertz CT molecular complexity index is 1810. The number of nitrogens with zero attached hydrogens (tertiary/aromatic N) is 5. The van der Waals surface area contributed by atoms with Crippen molar-refractivity contribution in [2.24, 2.45) is 12.2 Å². The van der Waals surface area contributed by atoms with Crippen molar-refractivity contribution in [2.75, 3.05) is 0 Å². The van der Waals surface area contributed by atoms with E-state index in [1.165, 1.54) is 16.7 Å². The molecule has 174 valence electrons. The molecule has 3 heterocycles. The van der Waals surface area contributed by atoms with Crippen molar-refractivity contribution in [3.05, 3.63) is 91.8 Å². The van der Waals surface area contributed by atoms with Gasteiger partial charge in [0.25, 0.3) is 5.56 Å². The highest BCUT2D eigenvalue weighted by atomic mass is 35.5. The summed E-state index contributed by atoms with van der Waals surface area (Å²) in [6, 6.07) is 12.9. The van der Waals surface area contributed by atoms with Crippen LogP contribution in [0.25, 0.3) is 22.6 Å². The molecule has 5 rings (SSSR count). The third-order valence-corrected chi connectivity index (χ3v) is 6.88. The molecule has 12 heteroatoms. The lowest BCUT2D eigenvalue weighted by Gasteiger charge is -2.08. The summed E-state index contributed by atoms with van der Waals surface area (Å²) in [5.41, 5.74) is 1.68. The molecule has 2 aromatic carbocycles. The van der Waals surface area contributed by atoms with E-state index < -0.39 is 21.3 Å². The second kappa shape index (κ2) is 7.69. The van der Waals surface area contributed by atoms with Gasteiger partial charge in [-0.05, 0) is 48.9 Å². The molecule has 0 fully saturated rings. The van der Waals surface area contributed by atoms with Crippen molar-refractivity contribution in [2.45, 2.75) is 18.4 Å². The molecular formula is C22H19ClN6O4S. The van der Waals surface area contributed by atoms with Gasteiger partial charge in [0.1, 0.15) is 0 Å². The van der Waals surface area contributed by atoms with E-state index in [4.69, 9.17) is 16.7 Å². The first-order valence-electron chi connectivity index (χ1n) is 10.1. The van der Waals surface area contributed by atoms with Crippen molar-refractivity contribution in [3.8, 4) is 5.69 Å². The van der Waals surface area contributed by atoms with Gasteiger partial charge in [-0.2, -0.15) is 4.98 Å². The fourth-order valence-corrected chi connectivity index (χ4v) is 4.67. The smallest absolute Gasteiger partial charge is 0.283 e. The van der Waals surface area contributed by atoms with E-state index >= 15 is 0 Å². The molecule has 0 aliphatic carbocycles. The Balaban J connectivity index is 1.73. The molecular weight excluding hydrogens is 480 g/mol. The fourth-order valence-electron chi connectivity index (χ4n) is 4.03. The predicted molar refractivity (Wildman–Crippen MR) is 128 cm³/mol. The molecule has 0 bridgehead atoms. The van der Waals surface area contributed by atoms with Gasteiger partial charge in [0.2, 0.25) is 15.8 Å². The summed E-state index contributed by atoms with van der Waals surface area (Å²) in [5, 5.41) is 5.76. The fraction of sp³-hybridized carbons (Fsp3) is 0.136. The molecule has 0 spiro atoms. The number of fused-ring (bicyclic) bond motifs is 3. The summed E-state index contributed by atoms with van der Waals surface area (Å²) in [7, 11) is -2.27. The SMILES string of the molecule is Cc1cn2c3c(=O)n(Cc4ccc(Cl)cc4)c(=O)n(C)c3nc2n1-c1ccc(S(N)(=O)=O)cc1. The molecule has 3 aromatic heterocycles. The van der Waals surface area contributed by atoms with Crippen LogP contribution >= 0.6 is 11.6 Å². The maximum absolute atomic E-state index is 13.4. The summed E-state index contributed by atoms with van der Waals surface area (Å²) in [4.78, 5) is 31.0. The number of hydrogen-bond donors (Lipinski definition) is 1. The van der Waals surface area contributed by atoms with Gasteiger partial charge in [-0.1, -0.05) is 23.7 Å². The summed E-state index contributed by atoms with van der Waals surface area (Å²) < 4.78 is 29.1. The van der Waals surface area contributed by atoms with E-state index in [0.29, 0.717) is 16.5 Å². The average molecular weight is 499 g/mol. The highest BCUT2D eigenvalue weighted by Crippen LogP contribution is 2.22. The van der Waals surface area contributed by atoms with Gasteiger partial charge in [0.05, 0.1) is 11.4 Å². The summed E-state index contributed by atoms with van der Waals surface area (Å²) in [6.07, 6.45) is 1.75. The molecule has 0 saturated heterocycles. The predicted octanol–water partition coefficient (Wildman–Crippen LogP) is 1.80. The number of sulfonamides is 1. The topological polar surface area (TPSA) is 126 Å². The Morgan fingerprint density at radius 3 is 2.29 bits per heavy atom. The van der Waals surface area contributed by atoms with Gasteiger partial charge in [0.15, 0.2) is 11.2 Å². The Labute approximate surface area is 198 Å². The second-order valence-electron chi connectivity index (χ2n) is 7.96. The van der Waals surface area contributed by atoms with Gasteiger partial charge in [-0.15, -0.1) is 0 Å². The molecule has 5 aromatic rings. The van der Waals surface area contributed by atoms with Crippen molar-refractivity contribution >= 4 is 38.6 Å². The molecule has 0 saturated carbocycles. The van der Waals surface area contributed by atoms with Crippen LogP contribution in [-0.2, 0) is 23.6 Å². The minimum absolute atomic E-state index is 0.0157. The van der Waals surface area contributed by atoms with Crippen molar-refractivity contribution < 1.29 is 8.42 Å². The van der Waals surface area contributed by atoms with E-state index in [2.05, 4.69) is 4.98 Å². The first kappa shape index (κ1) is 22.1. The number of aromatic nitrogens is 5. The molecule has 0 aliphatic heterocycles. The van der Waals surface area contributed by atoms with E-state index in [0.717, 1.165) is 15.8 Å². The van der Waals surface area contributed by atoms with Crippen LogP contribution in [0.5, 0.6) is 0 Å². The van der Waals surface area contributed by atoms with Gasteiger partial charge >= 0.3 is 5.69 Å². The zero-order chi connectivity index (χ0) is 24.4. The largest absolute Gasteiger partial charge is 0.332 e. The molecule has 0 unspecified atom stereocenters. The highest BCUT2D eigenvalue weighted by Gasteiger charge is 2.21. The quantitative estimate of drug-likeness (QED) is 0.404. The Morgan fingerprint density at radius 1 is 1.03 bits per heavy atom. The maximum atomic E-state index is 13.4. The molecule has 0 aliphatic rings. The molecule has 0 atom stereocenters. The molecule has 0 amide bonds. The molecule has 2 N–H and O–H groups in total. The lowest BCUT2D eigenvalue weighted by Crippen LogP contribution is -2.39. The number of primary sulfonamides is 1. The van der Waals surface area contributed by atoms with Crippen molar-refractivity contribution in [1.82, 2.24) is 23.1 Å². The molecule has 10 nitrogen and oxygen atoms in total. The summed E-state index contributed by atoms with van der Waals surface area (Å²) in [5.74, 6) is 0.409. The third-order valence-electron chi connectivity index (χ3n) is 5.70. The summed E-state index contributed by atoms with van der Waals surface area (Å²) >= 11 is 5.95. The number of hydrogen-bond acceptors (Lipinski definition) is 5. The van der Waals surface area contributed by atoms with Gasteiger partial charge in [0, 0.05) is 29.6 Å². The van der Waals surface area contributed by atoms with E-state index in [9.17, 15) is 18.0 Å². The number of aryl methyl sites for hydroxylation is 2. The zero-order valence-corrected chi connectivity index (χ0v) is 19.7. The standard InChI is InChI=1S/C22H19ClN6O4S/c1-13-11-27-18-19(25-21(27)29(13)16-7-9-17(10-8-16)34(24,32)33)26(2)22(31)28(20(18)30)12-14-3-5-15(23)6-4-14/h3-11H,12H2,1-2H3,(H2,24,32,33). The van der Waals surface area contributed by atoms with Crippen LogP contribution in [0.15, 0.2) is 69.2 Å². The van der Waals surface area contributed by atoms with Crippen LogP contribution in [0.3, 0.4) is 0 Å². The number of halogens is 1. The normalized spacial score (nSPS) is 12.1. The van der Waals surface area contributed by atoms with Crippen LogP contribution in [0.1, 0.15) is 11.3 Å². The number of benzene rings is 2. The Hall–Kier alpha value is -3.67. The van der Waals surface area contributed by atoms with E-state index in [1.54, 1.807) is 58.6 Å². The van der Waals surface area contributed by atoms with Crippen LogP contribution in [-0.4, -0.2) is 31.5 Å². The first-order valence-corrected chi connectivity index (χ1v) is 12.1. The van der Waals surface area contributed by atoms with Crippen molar-refractivity contribution in [3.63, 3.8) is 0 Å². The third kappa shape index (κ3) is 3.45. The average Bonchev–Trinajstić information content (AvgIpc) is 3.30. The number of nitrogens with two attached hydrogens (primary N) is 1. The second-order valence-corrected chi connectivity index (χ2v) is 9.96. The van der Waals surface area contributed by atoms with Crippen molar-refractivity contribution in [1.29, 1.82) is 0 Å². The van der Waals surface area contributed by atoms with Crippen LogP contribution in [0.2, 0.25) is 5.02 Å². The molecule has 34 heavy (non-hydrogen) atoms. The maximum Gasteiger partial charge on any atom is 0.332 e.